The number of aliphatic hydroxyl groups is 1. The van der Waals surface area contributed by atoms with Crippen LogP contribution in [0.5, 0.6) is 5.75 Å². The van der Waals surface area contributed by atoms with E-state index < -0.39 is 5.54 Å². The summed E-state index contributed by atoms with van der Waals surface area (Å²) in [6.07, 6.45) is 0. The summed E-state index contributed by atoms with van der Waals surface area (Å²) in [6.45, 7) is 3.41. The molecule has 0 spiro atoms. The first-order chi connectivity index (χ1) is 11.4. The SMILES string of the molecule is COc1ccc(C#Cc2ccc(C(=O)NC(C)(C)CO)cc2)cc1. The van der Waals surface area contributed by atoms with Gasteiger partial charge in [-0.2, -0.15) is 0 Å². The van der Waals surface area contributed by atoms with Crippen molar-refractivity contribution in [2.45, 2.75) is 19.4 Å². The van der Waals surface area contributed by atoms with Gasteiger partial charge in [0.1, 0.15) is 5.75 Å². The normalized spacial score (nSPS) is 10.5. The number of hydrogen-bond acceptors (Lipinski definition) is 3. The zero-order valence-electron chi connectivity index (χ0n) is 14.1. The molecule has 0 saturated carbocycles. The summed E-state index contributed by atoms with van der Waals surface area (Å²) in [5.41, 5.74) is 1.60. The first kappa shape index (κ1) is 17.6. The fraction of sp³-hybridized carbons (Fsp3) is 0.250. The number of hydrogen-bond donors (Lipinski definition) is 2. The Morgan fingerprint density at radius 1 is 1.04 bits per heavy atom. The standard InChI is InChI=1S/C20H21NO3/c1-20(2,14-22)21-19(23)17-10-6-15(7-11-17)4-5-16-8-12-18(24-3)13-9-16/h6-13,22H,14H2,1-3H3,(H,21,23). The molecule has 4 heteroatoms. The Morgan fingerprint density at radius 2 is 1.54 bits per heavy atom. The van der Waals surface area contributed by atoms with Gasteiger partial charge in [-0.15, -0.1) is 0 Å². The fourth-order valence-corrected chi connectivity index (χ4v) is 1.94. The van der Waals surface area contributed by atoms with E-state index in [-0.39, 0.29) is 12.5 Å². The molecule has 24 heavy (non-hydrogen) atoms. The largest absolute Gasteiger partial charge is 0.497 e. The highest BCUT2D eigenvalue weighted by atomic mass is 16.5. The van der Waals surface area contributed by atoms with Gasteiger partial charge in [0.15, 0.2) is 0 Å². The highest BCUT2D eigenvalue weighted by molar-refractivity contribution is 5.94. The number of rotatable bonds is 4. The van der Waals surface area contributed by atoms with Gasteiger partial charge in [0, 0.05) is 16.7 Å². The third-order valence-electron chi connectivity index (χ3n) is 3.44. The molecule has 2 aromatic carbocycles. The predicted octanol–water partition coefficient (Wildman–Crippen LogP) is 2.60. The number of benzene rings is 2. The summed E-state index contributed by atoms with van der Waals surface area (Å²) in [4.78, 5) is 12.1. The van der Waals surface area contributed by atoms with Crippen LogP contribution in [0.15, 0.2) is 48.5 Å². The van der Waals surface area contributed by atoms with Crippen molar-refractivity contribution in [1.29, 1.82) is 0 Å². The fourth-order valence-electron chi connectivity index (χ4n) is 1.94. The van der Waals surface area contributed by atoms with E-state index in [0.717, 1.165) is 16.9 Å². The second-order valence-corrected chi connectivity index (χ2v) is 6.05. The van der Waals surface area contributed by atoms with E-state index in [1.807, 2.05) is 24.3 Å². The minimum Gasteiger partial charge on any atom is -0.497 e. The molecule has 0 atom stereocenters. The van der Waals surface area contributed by atoms with E-state index >= 15 is 0 Å². The van der Waals surface area contributed by atoms with Gasteiger partial charge in [0.05, 0.1) is 19.3 Å². The summed E-state index contributed by atoms with van der Waals surface area (Å²) >= 11 is 0. The van der Waals surface area contributed by atoms with E-state index in [0.29, 0.717) is 5.56 Å². The summed E-state index contributed by atoms with van der Waals surface area (Å²) in [5, 5.41) is 12.0. The average molecular weight is 323 g/mol. The third kappa shape index (κ3) is 4.87. The lowest BCUT2D eigenvalue weighted by Gasteiger charge is -2.23. The van der Waals surface area contributed by atoms with E-state index in [1.165, 1.54) is 0 Å². The molecular weight excluding hydrogens is 302 g/mol. The molecule has 0 radical (unpaired) electrons. The van der Waals surface area contributed by atoms with Crippen molar-refractivity contribution >= 4 is 5.91 Å². The van der Waals surface area contributed by atoms with Crippen LogP contribution in [-0.4, -0.2) is 30.3 Å². The van der Waals surface area contributed by atoms with Gasteiger partial charge >= 0.3 is 0 Å². The Hall–Kier alpha value is -2.77. The van der Waals surface area contributed by atoms with Gasteiger partial charge in [-0.3, -0.25) is 4.79 Å². The average Bonchev–Trinajstić information content (AvgIpc) is 2.60. The Labute approximate surface area is 142 Å². The summed E-state index contributed by atoms with van der Waals surface area (Å²) < 4.78 is 5.11. The second-order valence-electron chi connectivity index (χ2n) is 6.05. The summed E-state index contributed by atoms with van der Waals surface area (Å²) in [6, 6.07) is 14.6. The van der Waals surface area contributed by atoms with E-state index in [4.69, 9.17) is 4.74 Å². The minimum atomic E-state index is -0.649. The monoisotopic (exact) mass is 323 g/mol. The maximum absolute atomic E-state index is 12.1. The minimum absolute atomic E-state index is 0.121. The lowest BCUT2D eigenvalue weighted by atomic mass is 10.1. The lowest BCUT2D eigenvalue weighted by Crippen LogP contribution is -2.46. The Balaban J connectivity index is 2.07. The van der Waals surface area contributed by atoms with Gasteiger partial charge in [0.2, 0.25) is 0 Å². The smallest absolute Gasteiger partial charge is 0.251 e. The van der Waals surface area contributed by atoms with Crippen LogP contribution >= 0.6 is 0 Å². The van der Waals surface area contributed by atoms with Crippen molar-refractivity contribution < 1.29 is 14.6 Å². The molecule has 2 rings (SSSR count). The van der Waals surface area contributed by atoms with Crippen LogP contribution in [0.4, 0.5) is 0 Å². The van der Waals surface area contributed by atoms with Crippen molar-refractivity contribution in [1.82, 2.24) is 5.32 Å². The second kappa shape index (κ2) is 7.67. The number of nitrogens with one attached hydrogen (secondary N) is 1. The molecule has 124 valence electrons. The van der Waals surface area contributed by atoms with Crippen LogP contribution in [0.1, 0.15) is 35.3 Å². The van der Waals surface area contributed by atoms with Gasteiger partial charge in [-0.1, -0.05) is 11.8 Å². The number of aliphatic hydroxyl groups excluding tert-OH is 1. The summed E-state index contributed by atoms with van der Waals surface area (Å²) in [5.74, 6) is 6.71. The third-order valence-corrected chi connectivity index (χ3v) is 3.44. The molecule has 0 bridgehead atoms. The van der Waals surface area contributed by atoms with E-state index in [2.05, 4.69) is 17.2 Å². The van der Waals surface area contributed by atoms with E-state index in [1.54, 1.807) is 45.2 Å². The van der Waals surface area contributed by atoms with E-state index in [9.17, 15) is 9.90 Å². The van der Waals surface area contributed by atoms with Gasteiger partial charge in [0.25, 0.3) is 5.91 Å². The van der Waals surface area contributed by atoms with Crippen LogP contribution in [-0.2, 0) is 0 Å². The zero-order chi connectivity index (χ0) is 17.6. The van der Waals surface area contributed by atoms with Crippen LogP contribution in [0.25, 0.3) is 0 Å². The van der Waals surface area contributed by atoms with Crippen LogP contribution in [0.3, 0.4) is 0 Å². The van der Waals surface area contributed by atoms with Crippen molar-refractivity contribution in [3.8, 4) is 17.6 Å². The van der Waals surface area contributed by atoms with Crippen LogP contribution < -0.4 is 10.1 Å². The highest BCUT2D eigenvalue weighted by Gasteiger charge is 2.19. The molecule has 0 fully saturated rings. The molecule has 0 aliphatic carbocycles. The molecule has 2 N–H and O–H groups in total. The summed E-state index contributed by atoms with van der Waals surface area (Å²) in [7, 11) is 1.63. The molecule has 0 unspecified atom stereocenters. The van der Waals surface area contributed by atoms with Gasteiger partial charge in [-0.05, 0) is 62.4 Å². The molecule has 0 saturated heterocycles. The number of carbonyl (C=O) groups is 1. The Kier molecular flexibility index (Phi) is 5.62. The molecule has 1 amide bonds. The van der Waals surface area contributed by atoms with Gasteiger partial charge < -0.3 is 15.2 Å². The van der Waals surface area contributed by atoms with Crippen molar-refractivity contribution in [3.05, 3.63) is 65.2 Å². The predicted molar refractivity (Wildman–Crippen MR) is 94.0 cm³/mol. The first-order valence-corrected chi connectivity index (χ1v) is 7.63. The molecule has 4 nitrogen and oxygen atoms in total. The maximum Gasteiger partial charge on any atom is 0.251 e. The van der Waals surface area contributed by atoms with Crippen molar-refractivity contribution in [2.75, 3.05) is 13.7 Å². The van der Waals surface area contributed by atoms with Crippen molar-refractivity contribution in [2.24, 2.45) is 0 Å². The number of carbonyl (C=O) groups excluding carboxylic acids is 1. The van der Waals surface area contributed by atoms with Crippen LogP contribution in [0.2, 0.25) is 0 Å². The van der Waals surface area contributed by atoms with Crippen LogP contribution in [0, 0.1) is 11.8 Å². The molecule has 0 aromatic heterocycles. The van der Waals surface area contributed by atoms with Gasteiger partial charge in [-0.25, -0.2) is 0 Å². The number of methoxy groups -OCH3 is 1. The number of amides is 1. The molecule has 0 heterocycles. The highest BCUT2D eigenvalue weighted by Crippen LogP contribution is 2.11. The molecule has 0 aliphatic rings. The Morgan fingerprint density at radius 3 is 2.00 bits per heavy atom. The maximum atomic E-state index is 12.1. The lowest BCUT2D eigenvalue weighted by molar-refractivity contribution is 0.0869. The Bertz CT molecular complexity index is 750. The topological polar surface area (TPSA) is 58.6 Å². The molecular formula is C20H21NO3. The zero-order valence-corrected chi connectivity index (χ0v) is 14.1. The quantitative estimate of drug-likeness (QED) is 0.850. The number of ether oxygens (including phenoxy) is 1. The first-order valence-electron chi connectivity index (χ1n) is 7.63. The molecule has 2 aromatic rings. The molecule has 0 aliphatic heterocycles. The van der Waals surface area contributed by atoms with Crippen molar-refractivity contribution in [3.63, 3.8) is 0 Å².